The third-order valence-corrected chi connectivity index (χ3v) is 2.87. The fourth-order valence-electron chi connectivity index (χ4n) is 1.75. The maximum Gasteiger partial charge on any atom is 0.0243 e. The summed E-state index contributed by atoms with van der Waals surface area (Å²) in [6, 6.07) is 0.611. The normalized spacial score (nSPS) is 19.1. The van der Waals surface area contributed by atoms with Gasteiger partial charge in [-0.15, -0.1) is 6.58 Å². The summed E-state index contributed by atoms with van der Waals surface area (Å²) >= 11 is 0. The summed E-state index contributed by atoms with van der Waals surface area (Å²) in [5.74, 6) is 0.875. The van der Waals surface area contributed by atoms with Crippen LogP contribution in [0.25, 0.3) is 0 Å². The van der Waals surface area contributed by atoms with Crippen LogP contribution in [0.5, 0.6) is 0 Å². The zero-order valence-corrected chi connectivity index (χ0v) is 8.92. The second-order valence-electron chi connectivity index (χ2n) is 4.33. The van der Waals surface area contributed by atoms with Crippen molar-refractivity contribution in [2.45, 2.75) is 32.2 Å². The third-order valence-electron chi connectivity index (χ3n) is 2.87. The third kappa shape index (κ3) is 3.49. The van der Waals surface area contributed by atoms with E-state index < -0.39 is 0 Å². The van der Waals surface area contributed by atoms with E-state index >= 15 is 0 Å². The van der Waals surface area contributed by atoms with E-state index in [0.717, 1.165) is 25.4 Å². The van der Waals surface area contributed by atoms with Crippen molar-refractivity contribution in [2.24, 2.45) is 11.7 Å². The summed E-state index contributed by atoms with van der Waals surface area (Å²) in [6.45, 7) is 7.91. The van der Waals surface area contributed by atoms with E-state index in [4.69, 9.17) is 5.73 Å². The minimum atomic E-state index is 0.611. The Kier molecular flexibility index (Phi) is 3.94. The van der Waals surface area contributed by atoms with E-state index in [2.05, 4.69) is 25.5 Å². The molecule has 1 aliphatic rings. The summed E-state index contributed by atoms with van der Waals surface area (Å²) in [6.07, 6.45) is 3.85. The highest BCUT2D eigenvalue weighted by atomic mass is 15.1. The van der Waals surface area contributed by atoms with Gasteiger partial charge in [-0.2, -0.15) is 0 Å². The average Bonchev–Trinajstić information content (AvgIpc) is 2.86. The van der Waals surface area contributed by atoms with Gasteiger partial charge in [-0.25, -0.2) is 0 Å². The molecule has 0 aromatic heterocycles. The zero-order valence-electron chi connectivity index (χ0n) is 8.92. The molecule has 1 unspecified atom stereocenters. The molecule has 2 N–H and O–H groups in total. The molecule has 0 heterocycles. The molecule has 0 amide bonds. The maximum atomic E-state index is 5.76. The lowest BCUT2D eigenvalue weighted by Crippen LogP contribution is -2.40. The van der Waals surface area contributed by atoms with Gasteiger partial charge in [0.15, 0.2) is 0 Å². The molecular formula is C11H22N2. The van der Waals surface area contributed by atoms with Crippen molar-refractivity contribution in [1.82, 2.24) is 4.90 Å². The Hall–Kier alpha value is -0.340. The average molecular weight is 182 g/mol. The number of likely N-dealkylation sites (N-methyl/N-ethyl adjacent to an activating group) is 1. The Morgan fingerprint density at radius 3 is 2.62 bits per heavy atom. The lowest BCUT2D eigenvalue weighted by atomic mass is 10.1. The molecule has 2 nitrogen and oxygen atoms in total. The molecular weight excluding hydrogens is 160 g/mol. The van der Waals surface area contributed by atoms with Gasteiger partial charge in [-0.05, 0) is 39.2 Å². The van der Waals surface area contributed by atoms with Gasteiger partial charge in [0.25, 0.3) is 0 Å². The first kappa shape index (κ1) is 10.7. The van der Waals surface area contributed by atoms with Gasteiger partial charge in [0, 0.05) is 19.1 Å². The smallest absolute Gasteiger partial charge is 0.0243 e. The molecule has 76 valence electrons. The number of hydrogen-bond donors (Lipinski definition) is 1. The Morgan fingerprint density at radius 2 is 2.23 bits per heavy atom. The maximum absolute atomic E-state index is 5.76. The van der Waals surface area contributed by atoms with Gasteiger partial charge >= 0.3 is 0 Å². The van der Waals surface area contributed by atoms with Crippen LogP contribution in [-0.4, -0.2) is 31.1 Å². The van der Waals surface area contributed by atoms with Crippen LogP contribution in [-0.2, 0) is 0 Å². The van der Waals surface area contributed by atoms with Gasteiger partial charge in [0.05, 0.1) is 0 Å². The first-order valence-electron chi connectivity index (χ1n) is 5.20. The van der Waals surface area contributed by atoms with E-state index in [-0.39, 0.29) is 0 Å². The van der Waals surface area contributed by atoms with Crippen molar-refractivity contribution >= 4 is 0 Å². The molecule has 1 rings (SSSR count). The fourth-order valence-corrected chi connectivity index (χ4v) is 1.75. The molecule has 0 aromatic rings. The zero-order chi connectivity index (χ0) is 9.84. The molecule has 0 saturated heterocycles. The summed E-state index contributed by atoms with van der Waals surface area (Å²) in [5.41, 5.74) is 7.02. The Balaban J connectivity index is 2.26. The number of rotatable bonds is 6. The number of nitrogens with zero attached hydrogens (tertiary/aromatic N) is 1. The van der Waals surface area contributed by atoms with Crippen LogP contribution in [0, 0.1) is 5.92 Å². The lowest BCUT2D eigenvalue weighted by molar-refractivity contribution is 0.226. The molecule has 0 spiro atoms. The quantitative estimate of drug-likeness (QED) is 0.632. The van der Waals surface area contributed by atoms with Crippen LogP contribution >= 0.6 is 0 Å². The highest BCUT2D eigenvalue weighted by Crippen LogP contribution is 2.34. The minimum Gasteiger partial charge on any atom is -0.329 e. The van der Waals surface area contributed by atoms with Crippen LogP contribution in [0.4, 0.5) is 0 Å². The van der Waals surface area contributed by atoms with Gasteiger partial charge in [-0.3, -0.25) is 0 Å². The van der Waals surface area contributed by atoms with Gasteiger partial charge in [0.2, 0.25) is 0 Å². The van der Waals surface area contributed by atoms with Crippen molar-refractivity contribution in [1.29, 1.82) is 0 Å². The molecule has 1 fully saturated rings. The summed E-state index contributed by atoms with van der Waals surface area (Å²) in [5, 5.41) is 0. The second-order valence-corrected chi connectivity index (χ2v) is 4.33. The highest BCUT2D eigenvalue weighted by Gasteiger charge is 2.32. The predicted octanol–water partition coefficient (Wildman–Crippen LogP) is 1.62. The first-order valence-corrected chi connectivity index (χ1v) is 5.20. The minimum absolute atomic E-state index is 0.611. The summed E-state index contributed by atoms with van der Waals surface area (Å²) < 4.78 is 0. The fraction of sp³-hybridized carbons (Fsp3) is 0.818. The van der Waals surface area contributed by atoms with Crippen LogP contribution in [0.1, 0.15) is 26.2 Å². The van der Waals surface area contributed by atoms with Crippen molar-refractivity contribution in [3.8, 4) is 0 Å². The monoisotopic (exact) mass is 182 g/mol. The Morgan fingerprint density at radius 1 is 1.62 bits per heavy atom. The molecule has 0 aliphatic heterocycles. The molecule has 13 heavy (non-hydrogen) atoms. The molecule has 1 aliphatic carbocycles. The second kappa shape index (κ2) is 4.77. The predicted molar refractivity (Wildman–Crippen MR) is 57.6 cm³/mol. The summed E-state index contributed by atoms with van der Waals surface area (Å²) in [4.78, 5) is 2.40. The molecule has 1 saturated carbocycles. The number of nitrogens with two attached hydrogens (primary N) is 1. The Labute approximate surface area is 81.8 Å². The summed E-state index contributed by atoms with van der Waals surface area (Å²) in [7, 11) is 2.18. The van der Waals surface area contributed by atoms with Crippen molar-refractivity contribution in [2.75, 3.05) is 20.1 Å². The van der Waals surface area contributed by atoms with E-state index in [0.29, 0.717) is 6.04 Å². The number of hydrogen-bond acceptors (Lipinski definition) is 2. The molecule has 0 bridgehead atoms. The van der Waals surface area contributed by atoms with Gasteiger partial charge < -0.3 is 10.6 Å². The van der Waals surface area contributed by atoms with E-state index in [1.807, 2.05) is 0 Å². The SMILES string of the molecule is C=C(C)CCN(C)C(CN)C1CC1. The van der Waals surface area contributed by atoms with Gasteiger partial charge in [-0.1, -0.05) is 5.57 Å². The molecule has 0 aromatic carbocycles. The van der Waals surface area contributed by atoms with Gasteiger partial charge in [0.1, 0.15) is 0 Å². The standard InChI is InChI=1S/C11H22N2/c1-9(2)6-7-13(3)11(8-12)10-4-5-10/h10-11H,1,4-8,12H2,2-3H3. The largest absolute Gasteiger partial charge is 0.329 e. The lowest BCUT2D eigenvalue weighted by Gasteiger charge is -2.26. The van der Waals surface area contributed by atoms with Crippen molar-refractivity contribution in [3.05, 3.63) is 12.2 Å². The molecule has 2 heteroatoms. The van der Waals surface area contributed by atoms with E-state index in [1.165, 1.54) is 18.4 Å². The Bertz CT molecular complexity index is 173. The molecule has 1 atom stereocenters. The first-order chi connectivity index (χ1) is 6.15. The van der Waals surface area contributed by atoms with Crippen LogP contribution in [0.2, 0.25) is 0 Å². The van der Waals surface area contributed by atoms with Crippen molar-refractivity contribution in [3.63, 3.8) is 0 Å². The highest BCUT2D eigenvalue weighted by molar-refractivity contribution is 4.92. The molecule has 0 radical (unpaired) electrons. The topological polar surface area (TPSA) is 29.3 Å². The van der Waals surface area contributed by atoms with Crippen molar-refractivity contribution < 1.29 is 0 Å². The van der Waals surface area contributed by atoms with E-state index in [1.54, 1.807) is 0 Å². The van der Waals surface area contributed by atoms with E-state index in [9.17, 15) is 0 Å². The van der Waals surface area contributed by atoms with Crippen LogP contribution in [0.15, 0.2) is 12.2 Å². The van der Waals surface area contributed by atoms with Crippen LogP contribution in [0.3, 0.4) is 0 Å². The van der Waals surface area contributed by atoms with Crippen LogP contribution < -0.4 is 5.73 Å².